The van der Waals surface area contributed by atoms with Gasteiger partial charge in [0.05, 0.1) is 26.9 Å². The Bertz CT molecular complexity index is 919. The first-order valence-electron chi connectivity index (χ1n) is 7.61. The summed E-state index contributed by atoms with van der Waals surface area (Å²) in [6.45, 7) is 0. The number of aromatic carboxylic acids is 1. The molecule has 0 aliphatic carbocycles. The molecule has 0 unspecified atom stereocenters. The summed E-state index contributed by atoms with van der Waals surface area (Å²) in [4.78, 5) is 23.7. The normalized spacial score (nSPS) is 10.7. The van der Waals surface area contributed by atoms with Crippen LogP contribution >= 0.6 is 15.9 Å². The van der Waals surface area contributed by atoms with Crippen LogP contribution in [0, 0.1) is 0 Å². The van der Waals surface area contributed by atoms with Gasteiger partial charge in [-0.2, -0.15) is 0 Å². The Morgan fingerprint density at radius 2 is 1.63 bits per heavy atom. The summed E-state index contributed by atoms with van der Waals surface area (Å²) >= 11 is 3.14. The fourth-order valence-electron chi connectivity index (χ4n) is 2.46. The standard InChI is InChI=1S/C19H17BrO7/c1-25-15-7-5-10(17(26-2)18(15)27-3)4-6-14(21)12-8-11(20)9-13(16(12)22)19(23)24/h4-9,22H,1-3H3,(H,23,24)/b6-4+. The Labute approximate surface area is 163 Å². The maximum Gasteiger partial charge on any atom is 0.339 e. The van der Waals surface area contributed by atoms with E-state index in [1.807, 2.05) is 0 Å². The van der Waals surface area contributed by atoms with Gasteiger partial charge in [0.15, 0.2) is 17.3 Å². The molecule has 2 aromatic carbocycles. The molecule has 2 N–H and O–H groups in total. The van der Waals surface area contributed by atoms with E-state index in [2.05, 4.69) is 15.9 Å². The molecule has 0 bridgehead atoms. The molecule has 0 spiro atoms. The summed E-state index contributed by atoms with van der Waals surface area (Å²) in [5.74, 6) is -1.31. The first-order chi connectivity index (χ1) is 12.8. The van der Waals surface area contributed by atoms with Gasteiger partial charge in [-0.3, -0.25) is 4.79 Å². The maximum atomic E-state index is 12.5. The average molecular weight is 437 g/mol. The van der Waals surface area contributed by atoms with Crippen molar-refractivity contribution < 1.29 is 34.0 Å². The molecular formula is C19H17BrO7. The van der Waals surface area contributed by atoms with Crippen LogP contribution in [0.25, 0.3) is 6.08 Å². The van der Waals surface area contributed by atoms with Crippen LogP contribution in [0.2, 0.25) is 0 Å². The van der Waals surface area contributed by atoms with Crippen LogP contribution in [0.4, 0.5) is 0 Å². The van der Waals surface area contributed by atoms with E-state index in [-0.39, 0.29) is 11.1 Å². The van der Waals surface area contributed by atoms with Crippen molar-refractivity contribution in [1.29, 1.82) is 0 Å². The van der Waals surface area contributed by atoms with Gasteiger partial charge < -0.3 is 24.4 Å². The quantitative estimate of drug-likeness (QED) is 0.502. The number of allylic oxidation sites excluding steroid dienone is 1. The fourth-order valence-corrected chi connectivity index (χ4v) is 2.92. The molecule has 0 amide bonds. The monoisotopic (exact) mass is 436 g/mol. The van der Waals surface area contributed by atoms with Gasteiger partial charge in [0.1, 0.15) is 11.3 Å². The summed E-state index contributed by atoms with van der Waals surface area (Å²) in [6.07, 6.45) is 2.68. The van der Waals surface area contributed by atoms with Gasteiger partial charge in [-0.05, 0) is 36.4 Å². The number of carbonyl (C=O) groups is 2. The number of carbonyl (C=O) groups excluding carboxylic acids is 1. The first kappa shape index (κ1) is 20.3. The molecule has 27 heavy (non-hydrogen) atoms. The summed E-state index contributed by atoms with van der Waals surface area (Å²) in [5, 5.41) is 19.2. The Morgan fingerprint density at radius 1 is 1.00 bits per heavy atom. The molecule has 0 fully saturated rings. The van der Waals surface area contributed by atoms with Crippen LogP contribution in [0.3, 0.4) is 0 Å². The molecule has 0 aromatic heterocycles. The second-order valence-corrected chi connectivity index (χ2v) is 6.19. The lowest BCUT2D eigenvalue weighted by molar-refractivity contribution is 0.0693. The van der Waals surface area contributed by atoms with Crippen LogP contribution < -0.4 is 14.2 Å². The third kappa shape index (κ3) is 4.22. The molecule has 0 aliphatic rings. The van der Waals surface area contributed by atoms with Crippen molar-refractivity contribution in [2.75, 3.05) is 21.3 Å². The molecule has 0 saturated heterocycles. The van der Waals surface area contributed by atoms with Gasteiger partial charge >= 0.3 is 5.97 Å². The van der Waals surface area contributed by atoms with Gasteiger partial charge in [0.25, 0.3) is 0 Å². The van der Waals surface area contributed by atoms with Crippen molar-refractivity contribution in [2.45, 2.75) is 0 Å². The summed E-state index contributed by atoms with van der Waals surface area (Å²) in [6, 6.07) is 5.90. The molecule has 7 nitrogen and oxygen atoms in total. The predicted octanol–water partition coefficient (Wildman–Crippen LogP) is 3.77. The molecule has 0 atom stereocenters. The number of aromatic hydroxyl groups is 1. The van der Waals surface area contributed by atoms with E-state index >= 15 is 0 Å². The van der Waals surface area contributed by atoms with E-state index in [0.717, 1.165) is 0 Å². The van der Waals surface area contributed by atoms with Crippen molar-refractivity contribution >= 4 is 33.8 Å². The number of ketones is 1. The minimum Gasteiger partial charge on any atom is -0.506 e. The minimum atomic E-state index is -1.34. The summed E-state index contributed by atoms with van der Waals surface area (Å²) in [7, 11) is 4.41. The largest absolute Gasteiger partial charge is 0.506 e. The molecule has 8 heteroatoms. The number of benzene rings is 2. The fraction of sp³-hybridized carbons (Fsp3) is 0.158. The second kappa shape index (κ2) is 8.59. The van der Waals surface area contributed by atoms with E-state index in [0.29, 0.717) is 27.3 Å². The highest BCUT2D eigenvalue weighted by atomic mass is 79.9. The SMILES string of the molecule is COc1ccc(/C=C/C(=O)c2cc(Br)cc(C(=O)O)c2O)c(OC)c1OC. The highest BCUT2D eigenvalue weighted by Crippen LogP contribution is 2.40. The number of hydrogen-bond donors (Lipinski definition) is 2. The number of carboxylic acids is 1. The Kier molecular flexibility index (Phi) is 6.46. The van der Waals surface area contributed by atoms with Gasteiger partial charge in [0.2, 0.25) is 5.75 Å². The van der Waals surface area contributed by atoms with Gasteiger partial charge in [0, 0.05) is 10.0 Å². The van der Waals surface area contributed by atoms with Crippen molar-refractivity contribution in [2.24, 2.45) is 0 Å². The van der Waals surface area contributed by atoms with E-state index in [9.17, 15) is 14.7 Å². The molecule has 0 saturated carbocycles. The molecule has 2 aromatic rings. The molecule has 0 aliphatic heterocycles. The average Bonchev–Trinajstić information content (AvgIpc) is 2.66. The number of halogens is 1. The minimum absolute atomic E-state index is 0.141. The van der Waals surface area contributed by atoms with Crippen LogP contribution in [0.1, 0.15) is 26.3 Å². The lowest BCUT2D eigenvalue weighted by Gasteiger charge is -2.14. The zero-order valence-electron chi connectivity index (χ0n) is 14.8. The van der Waals surface area contributed by atoms with Gasteiger partial charge in [-0.15, -0.1) is 0 Å². The zero-order chi connectivity index (χ0) is 20.1. The van der Waals surface area contributed by atoms with E-state index in [1.165, 1.54) is 45.6 Å². The van der Waals surface area contributed by atoms with Crippen molar-refractivity contribution in [3.8, 4) is 23.0 Å². The molecule has 2 rings (SSSR count). The molecule has 0 heterocycles. The number of phenols is 1. The Morgan fingerprint density at radius 3 is 2.19 bits per heavy atom. The highest BCUT2D eigenvalue weighted by molar-refractivity contribution is 9.10. The highest BCUT2D eigenvalue weighted by Gasteiger charge is 2.19. The van der Waals surface area contributed by atoms with Crippen molar-refractivity contribution in [1.82, 2.24) is 0 Å². The van der Waals surface area contributed by atoms with Gasteiger partial charge in [-0.1, -0.05) is 15.9 Å². The number of methoxy groups -OCH3 is 3. The number of carboxylic acid groups (broad SMARTS) is 1. The smallest absolute Gasteiger partial charge is 0.339 e. The summed E-state index contributed by atoms with van der Waals surface area (Å²) in [5.41, 5.74) is 0.0266. The lowest BCUT2D eigenvalue weighted by Crippen LogP contribution is -2.03. The van der Waals surface area contributed by atoms with E-state index < -0.39 is 17.5 Å². The third-order valence-electron chi connectivity index (χ3n) is 3.72. The number of hydrogen-bond acceptors (Lipinski definition) is 6. The first-order valence-corrected chi connectivity index (χ1v) is 8.40. The van der Waals surface area contributed by atoms with Gasteiger partial charge in [-0.25, -0.2) is 4.79 Å². The van der Waals surface area contributed by atoms with Crippen molar-refractivity contribution in [3.05, 3.63) is 51.5 Å². The van der Waals surface area contributed by atoms with Crippen LogP contribution in [0.5, 0.6) is 23.0 Å². The topological polar surface area (TPSA) is 102 Å². The van der Waals surface area contributed by atoms with E-state index in [1.54, 1.807) is 12.1 Å². The maximum absolute atomic E-state index is 12.5. The Balaban J connectivity index is 2.45. The Hall–Kier alpha value is -3.00. The number of ether oxygens (including phenoxy) is 3. The predicted molar refractivity (Wildman–Crippen MR) is 102 cm³/mol. The van der Waals surface area contributed by atoms with E-state index in [4.69, 9.17) is 19.3 Å². The molecular weight excluding hydrogens is 420 g/mol. The number of rotatable bonds is 7. The second-order valence-electron chi connectivity index (χ2n) is 5.28. The van der Waals surface area contributed by atoms with Crippen LogP contribution in [-0.2, 0) is 0 Å². The molecule has 0 radical (unpaired) electrons. The zero-order valence-corrected chi connectivity index (χ0v) is 16.4. The van der Waals surface area contributed by atoms with Crippen molar-refractivity contribution in [3.63, 3.8) is 0 Å². The third-order valence-corrected chi connectivity index (χ3v) is 4.18. The van der Waals surface area contributed by atoms with Crippen LogP contribution in [0.15, 0.2) is 34.8 Å². The lowest BCUT2D eigenvalue weighted by atomic mass is 10.0. The summed E-state index contributed by atoms with van der Waals surface area (Å²) < 4.78 is 16.2. The molecule has 142 valence electrons. The van der Waals surface area contributed by atoms with Crippen LogP contribution in [-0.4, -0.2) is 43.3 Å².